The van der Waals surface area contributed by atoms with Gasteiger partial charge >= 0.3 is 0 Å². The van der Waals surface area contributed by atoms with Crippen LogP contribution in [0.15, 0.2) is 170 Å². The van der Waals surface area contributed by atoms with E-state index in [1.807, 2.05) is 0 Å². The van der Waals surface area contributed by atoms with Gasteiger partial charge in [0.25, 0.3) is 6.71 Å². The molecular weight excluding hydrogens is 974 g/mol. The van der Waals surface area contributed by atoms with Crippen molar-refractivity contribution in [2.24, 2.45) is 0 Å². The maximum atomic E-state index is 2.78. The van der Waals surface area contributed by atoms with Gasteiger partial charge in [-0.25, -0.2) is 0 Å². The molecule has 2 aliphatic heterocycles. The summed E-state index contributed by atoms with van der Waals surface area (Å²) in [5.41, 5.74) is 24.7. The van der Waals surface area contributed by atoms with Crippen LogP contribution in [0.2, 0.25) is 0 Å². The number of para-hydroxylation sites is 2. The Morgan fingerprint density at radius 1 is 0.456 bits per heavy atom. The molecule has 0 saturated heterocycles. The normalized spacial score (nSPS) is 17.4. The molecule has 0 bridgehead atoms. The molecule has 0 unspecified atom stereocenters. The molecule has 0 fully saturated rings. The number of hydrogen-bond donors (Lipinski definition) is 0. The van der Waals surface area contributed by atoms with Crippen molar-refractivity contribution in [2.75, 3.05) is 14.7 Å². The molecule has 1 aromatic heterocycles. The summed E-state index contributed by atoms with van der Waals surface area (Å²) in [6.45, 7) is 34.0. The van der Waals surface area contributed by atoms with Gasteiger partial charge in [0.05, 0.1) is 17.1 Å². The van der Waals surface area contributed by atoms with Crippen molar-refractivity contribution in [1.82, 2.24) is 0 Å². The number of fused-ring (bicyclic) bond motifs is 9. The first-order valence-electron chi connectivity index (χ1n) is 29.2. The average molecular weight is 1050 g/mol. The predicted molar refractivity (Wildman–Crippen MR) is 344 cm³/mol. The van der Waals surface area contributed by atoms with E-state index >= 15 is 0 Å². The lowest BCUT2D eigenvalue weighted by Crippen LogP contribution is -2.61. The predicted octanol–water partition coefficient (Wildman–Crippen LogP) is 19.4. The second kappa shape index (κ2) is 17.8. The van der Waals surface area contributed by atoms with Crippen molar-refractivity contribution >= 4 is 95.0 Å². The van der Waals surface area contributed by atoms with Gasteiger partial charge in [-0.05, 0) is 181 Å². The molecule has 79 heavy (non-hydrogen) atoms. The van der Waals surface area contributed by atoms with Crippen LogP contribution in [0.4, 0.5) is 51.2 Å². The number of nitrogens with zero attached hydrogens (tertiary/aromatic N) is 3. The summed E-state index contributed by atoms with van der Waals surface area (Å²) in [4.78, 5) is 7.98. The zero-order chi connectivity index (χ0) is 55.3. The van der Waals surface area contributed by atoms with Crippen LogP contribution < -0.4 is 30.4 Å². The van der Waals surface area contributed by atoms with E-state index in [0.29, 0.717) is 0 Å². The van der Waals surface area contributed by atoms with Gasteiger partial charge in [0, 0.05) is 54.6 Å². The van der Waals surface area contributed by atoms with Crippen LogP contribution in [0.1, 0.15) is 156 Å². The van der Waals surface area contributed by atoms with Crippen LogP contribution in [0.25, 0.3) is 21.2 Å². The first-order chi connectivity index (χ1) is 37.4. The van der Waals surface area contributed by atoms with Gasteiger partial charge < -0.3 is 14.7 Å². The molecule has 5 heteroatoms. The molecule has 2 aliphatic carbocycles. The van der Waals surface area contributed by atoms with Crippen LogP contribution in [0.3, 0.4) is 0 Å². The van der Waals surface area contributed by atoms with E-state index in [2.05, 4.69) is 293 Å². The Balaban J connectivity index is 1.24. The summed E-state index contributed by atoms with van der Waals surface area (Å²) in [5.74, 6) is 0. The molecule has 0 N–H and O–H groups in total. The Hall–Kier alpha value is -6.82. The number of anilines is 9. The highest BCUT2D eigenvalue weighted by atomic mass is 32.1. The number of benzene rings is 8. The highest BCUT2D eigenvalue weighted by Gasteiger charge is 2.51. The summed E-state index contributed by atoms with van der Waals surface area (Å²) in [5, 5.41) is 1.36. The van der Waals surface area contributed by atoms with E-state index < -0.39 is 0 Å². The maximum Gasteiger partial charge on any atom is 0.264 e. The first kappa shape index (κ1) is 51.6. The van der Waals surface area contributed by atoms with Gasteiger partial charge in [0.1, 0.15) is 0 Å². The summed E-state index contributed by atoms with van der Waals surface area (Å²) in [6.07, 6.45) is 4.59. The summed E-state index contributed by atoms with van der Waals surface area (Å²) >= 11 is 2.05. The molecule has 0 radical (unpaired) electrons. The largest absolute Gasteiger partial charge is 0.310 e. The third-order valence-electron chi connectivity index (χ3n) is 19.0. The number of thiophene rings is 1. The minimum atomic E-state index is -0.112. The molecule has 8 aromatic carbocycles. The van der Waals surface area contributed by atoms with Crippen molar-refractivity contribution in [3.05, 3.63) is 203 Å². The molecule has 0 atom stereocenters. The molecule has 0 amide bonds. The first-order valence-corrected chi connectivity index (χ1v) is 30.0. The zero-order valence-electron chi connectivity index (χ0n) is 49.3. The van der Waals surface area contributed by atoms with Crippen LogP contribution in [0, 0.1) is 0 Å². The SMILES string of the molecule is CC(C)(C)c1ccc(N2c3cc(N(c4ccccc4)c4ccccc4)cc4c3B(c3ccc5c(c3N4c3ccc(C(C)(C)C)cc3-c3ccccc3)C(C)(C)CCC5(C)C)c3sc4cc5c(cc4c32)C(C)(C)CCC5(C)C)cc1. The third-order valence-corrected chi connectivity index (χ3v) is 20.2. The smallest absolute Gasteiger partial charge is 0.264 e. The van der Waals surface area contributed by atoms with E-state index in [1.54, 1.807) is 0 Å². The van der Waals surface area contributed by atoms with Gasteiger partial charge in [0.15, 0.2) is 0 Å². The minimum absolute atomic E-state index is 0.00114. The highest BCUT2D eigenvalue weighted by molar-refractivity contribution is 7.33. The van der Waals surface area contributed by atoms with Gasteiger partial charge in [0.2, 0.25) is 0 Å². The minimum Gasteiger partial charge on any atom is -0.310 e. The molecule has 13 rings (SSSR count). The molecule has 3 nitrogen and oxygen atoms in total. The molecule has 4 aliphatic rings. The summed E-state index contributed by atoms with van der Waals surface area (Å²) < 4.78 is 2.81. The lowest BCUT2D eigenvalue weighted by atomic mass is 9.35. The average Bonchev–Trinajstić information content (AvgIpc) is 3.09. The van der Waals surface area contributed by atoms with E-state index in [0.717, 1.165) is 36.3 Å². The van der Waals surface area contributed by atoms with Gasteiger partial charge in [-0.1, -0.05) is 194 Å². The Labute approximate surface area is 476 Å². The fraction of sp³-hybridized carbons (Fsp3) is 0.324. The quantitative estimate of drug-likeness (QED) is 0.154. The second-order valence-corrected chi connectivity index (χ2v) is 29.4. The van der Waals surface area contributed by atoms with E-state index in [4.69, 9.17) is 0 Å². The van der Waals surface area contributed by atoms with Gasteiger partial charge in [-0.15, -0.1) is 11.3 Å². The third kappa shape index (κ3) is 8.25. The van der Waals surface area contributed by atoms with Crippen molar-refractivity contribution < 1.29 is 0 Å². The standard InChI is InChI=1S/C74H78BN3S/c1-69(2,3)48-30-33-52(34-31-48)77-61-43-53(76(50-26-20-16-21-27-50)51-28-22-17-23-29-51)44-62-65(61)75(68-66(77)55-45-57-58(46-63(55)79-68)73(11,12)39-38-72(57,9)10)59-36-35-56-64(74(13,14)41-40-71(56,7)8)67(59)78(62)60-37-32-49(70(4,5)6)42-54(60)47-24-18-15-19-25-47/h15-37,42-46H,38-41H2,1-14H3. The van der Waals surface area contributed by atoms with Crippen molar-refractivity contribution in [2.45, 2.75) is 155 Å². The molecule has 0 saturated carbocycles. The highest BCUT2D eigenvalue weighted by Crippen LogP contribution is 2.58. The monoisotopic (exact) mass is 1050 g/mol. The Kier molecular flexibility index (Phi) is 11.7. The Bertz CT molecular complexity index is 3830. The fourth-order valence-electron chi connectivity index (χ4n) is 14.2. The Morgan fingerprint density at radius 3 is 1.56 bits per heavy atom. The molecule has 398 valence electrons. The number of hydrogen-bond acceptors (Lipinski definition) is 4. The fourth-order valence-corrected chi connectivity index (χ4v) is 15.5. The molecule has 0 spiro atoms. The van der Waals surface area contributed by atoms with Crippen LogP contribution in [-0.4, -0.2) is 6.71 Å². The van der Waals surface area contributed by atoms with E-state index in [9.17, 15) is 0 Å². The molecule has 9 aromatic rings. The van der Waals surface area contributed by atoms with Crippen LogP contribution >= 0.6 is 11.3 Å². The Morgan fingerprint density at radius 2 is 0.975 bits per heavy atom. The lowest BCUT2D eigenvalue weighted by molar-refractivity contribution is 0.332. The molecule has 3 heterocycles. The summed E-state index contributed by atoms with van der Waals surface area (Å²) in [7, 11) is 0. The van der Waals surface area contributed by atoms with Crippen molar-refractivity contribution in [3.63, 3.8) is 0 Å². The van der Waals surface area contributed by atoms with Gasteiger partial charge in [-0.2, -0.15) is 0 Å². The van der Waals surface area contributed by atoms with Crippen LogP contribution in [-0.2, 0) is 32.5 Å². The maximum absolute atomic E-state index is 2.78. The number of rotatable bonds is 6. The van der Waals surface area contributed by atoms with Crippen molar-refractivity contribution in [3.8, 4) is 11.1 Å². The second-order valence-electron chi connectivity index (χ2n) is 28.3. The lowest BCUT2D eigenvalue weighted by Gasteiger charge is -2.49. The van der Waals surface area contributed by atoms with Gasteiger partial charge in [-0.3, -0.25) is 0 Å². The summed E-state index contributed by atoms with van der Waals surface area (Å²) in [6, 6.07) is 65.9. The van der Waals surface area contributed by atoms with Crippen LogP contribution in [0.5, 0.6) is 0 Å². The molecular formula is C74H78BN3S. The topological polar surface area (TPSA) is 9.72 Å². The van der Waals surface area contributed by atoms with Crippen molar-refractivity contribution in [1.29, 1.82) is 0 Å². The zero-order valence-corrected chi connectivity index (χ0v) is 50.1. The van der Waals surface area contributed by atoms with E-state index in [1.165, 1.54) is 111 Å². The van der Waals surface area contributed by atoms with E-state index in [-0.39, 0.29) is 39.2 Å².